The zero-order valence-corrected chi connectivity index (χ0v) is 26.4. The molecule has 0 radical (unpaired) electrons. The number of imidazole rings is 1. The van der Waals surface area contributed by atoms with Crippen LogP contribution in [0, 0.1) is 16.7 Å². The summed E-state index contributed by atoms with van der Waals surface area (Å²) in [5.41, 5.74) is 7.33. The molecule has 2 aromatic heterocycles. The van der Waals surface area contributed by atoms with Crippen molar-refractivity contribution < 1.29 is 14.3 Å². The van der Waals surface area contributed by atoms with Gasteiger partial charge in [-0.1, -0.05) is 31.2 Å². The number of piperidine rings is 2. The van der Waals surface area contributed by atoms with Crippen LogP contribution in [0.25, 0.3) is 16.9 Å². The first-order valence-electron chi connectivity index (χ1n) is 16.1. The van der Waals surface area contributed by atoms with Gasteiger partial charge in [-0.2, -0.15) is 5.26 Å². The molecule has 12 nitrogen and oxygen atoms in total. The Morgan fingerprint density at radius 2 is 1.77 bits per heavy atom. The monoisotopic (exact) mass is 634 g/mol. The minimum atomic E-state index is -0.359. The maximum absolute atomic E-state index is 14.2. The highest BCUT2D eigenvalue weighted by molar-refractivity contribution is 5.97. The Labute approximate surface area is 272 Å². The van der Waals surface area contributed by atoms with Gasteiger partial charge in [-0.15, -0.1) is 0 Å². The van der Waals surface area contributed by atoms with Crippen LogP contribution in [0.15, 0.2) is 77.4 Å². The Kier molecular flexibility index (Phi) is 8.26. The number of nitrogens with two attached hydrogens (primary N) is 1. The summed E-state index contributed by atoms with van der Waals surface area (Å²) < 4.78 is 14.4. The van der Waals surface area contributed by atoms with Crippen LogP contribution in [0.5, 0.6) is 11.5 Å². The average molecular weight is 635 g/mol. The molecule has 47 heavy (non-hydrogen) atoms. The third-order valence-electron chi connectivity index (χ3n) is 9.72. The van der Waals surface area contributed by atoms with E-state index in [0.29, 0.717) is 53.8 Å². The number of hydrogen-bond donors (Lipinski definition) is 1. The van der Waals surface area contributed by atoms with E-state index >= 15 is 0 Å². The third-order valence-corrected chi connectivity index (χ3v) is 9.72. The lowest BCUT2D eigenvalue weighted by atomic mass is 9.78. The van der Waals surface area contributed by atoms with Gasteiger partial charge in [0.1, 0.15) is 35.0 Å². The van der Waals surface area contributed by atoms with Crippen molar-refractivity contribution in [2.45, 2.75) is 44.7 Å². The van der Waals surface area contributed by atoms with Crippen molar-refractivity contribution in [2.24, 2.45) is 5.41 Å². The lowest BCUT2D eigenvalue weighted by molar-refractivity contribution is -0.128. The van der Waals surface area contributed by atoms with E-state index in [1.165, 1.54) is 10.9 Å². The minimum Gasteiger partial charge on any atom is -0.457 e. The number of nitrogens with zero attached hydrogens (tertiary/aromatic N) is 7. The van der Waals surface area contributed by atoms with Crippen LogP contribution >= 0.6 is 0 Å². The number of allylic oxidation sites excluding steroid dienone is 1. The molecule has 3 aliphatic rings. The summed E-state index contributed by atoms with van der Waals surface area (Å²) in [6.45, 7) is 6.30. The average Bonchev–Trinajstić information content (AvgIpc) is 3.37. The molecular weight excluding hydrogens is 596 g/mol. The first-order valence-corrected chi connectivity index (χ1v) is 16.1. The van der Waals surface area contributed by atoms with Crippen molar-refractivity contribution in [3.05, 3.63) is 83.1 Å². The summed E-state index contributed by atoms with van der Waals surface area (Å²) in [7, 11) is 0. The summed E-state index contributed by atoms with van der Waals surface area (Å²) in [6, 6.07) is 18.9. The fourth-order valence-corrected chi connectivity index (χ4v) is 6.91. The predicted molar refractivity (Wildman–Crippen MR) is 176 cm³/mol. The number of para-hydroxylation sites is 1. The summed E-state index contributed by atoms with van der Waals surface area (Å²) in [4.78, 5) is 40.8. The van der Waals surface area contributed by atoms with E-state index in [9.17, 15) is 14.9 Å². The largest absolute Gasteiger partial charge is 0.457 e. The third kappa shape index (κ3) is 6.00. The number of likely N-dealkylation sites (tertiary alicyclic amines) is 2. The quantitative estimate of drug-likeness (QED) is 0.235. The van der Waals surface area contributed by atoms with Crippen LogP contribution in [0.3, 0.4) is 0 Å². The van der Waals surface area contributed by atoms with E-state index in [4.69, 9.17) is 15.2 Å². The van der Waals surface area contributed by atoms with E-state index in [0.717, 1.165) is 39.1 Å². The van der Waals surface area contributed by atoms with Gasteiger partial charge in [-0.05, 0) is 80.6 Å². The molecule has 2 N–H and O–H groups in total. The van der Waals surface area contributed by atoms with E-state index in [1.54, 1.807) is 33.7 Å². The molecule has 7 rings (SSSR count). The molecule has 1 atom stereocenters. The molecule has 3 aliphatic heterocycles. The smallest absolute Gasteiger partial charge is 0.335 e. The number of hydrogen-bond acceptors (Lipinski definition) is 9. The SMILES string of the molecule is CC1(/C=C(/C#N)C(=O)N2CCC[C@@H](n3c(=O)n(-c4ccc(Oc5ccccc5)cc4)c4c(N)ncnc43)C2)CCN(C2COC2)CC1. The van der Waals surface area contributed by atoms with Crippen LogP contribution in [0.1, 0.15) is 38.6 Å². The first-order chi connectivity index (χ1) is 22.8. The second kappa shape index (κ2) is 12.7. The highest BCUT2D eigenvalue weighted by Crippen LogP contribution is 2.36. The fraction of sp³-hybridized carbons (Fsp3) is 0.400. The number of amides is 1. The maximum Gasteiger partial charge on any atom is 0.335 e. The van der Waals surface area contributed by atoms with Crippen molar-refractivity contribution in [1.29, 1.82) is 5.26 Å². The molecule has 3 fully saturated rings. The van der Waals surface area contributed by atoms with Gasteiger partial charge >= 0.3 is 5.69 Å². The van der Waals surface area contributed by atoms with Gasteiger partial charge in [0.05, 0.1) is 31.0 Å². The standard InChI is InChI=1S/C35H38N8O4/c1-35(13-16-40(17-14-35)27-21-46-22-27)18-24(19-36)33(44)41-15-5-6-26(20-41)43-32-30(31(37)38-23-39-32)42(34(43)45)25-9-11-29(12-10-25)47-28-7-3-2-4-8-28/h2-4,7-12,18,23,26-27H,5-6,13-17,20-22H2,1H3,(H2,37,38,39)/b24-18-/t26-/m1/s1. The van der Waals surface area contributed by atoms with Crippen LogP contribution in [0.2, 0.25) is 0 Å². The summed E-state index contributed by atoms with van der Waals surface area (Å²) in [5, 5.41) is 10.1. The lowest BCUT2D eigenvalue weighted by Crippen LogP contribution is -2.53. The molecule has 12 heteroatoms. The molecule has 3 saturated heterocycles. The number of nitriles is 1. The Bertz CT molecular complexity index is 1900. The van der Waals surface area contributed by atoms with Crippen LogP contribution in [-0.4, -0.2) is 80.2 Å². The zero-order valence-electron chi connectivity index (χ0n) is 26.4. The number of aromatic nitrogens is 4. The number of carbonyl (C=O) groups is 1. The molecule has 0 bridgehead atoms. The molecule has 0 saturated carbocycles. The van der Waals surface area contributed by atoms with Gasteiger partial charge in [0.2, 0.25) is 0 Å². The molecule has 4 aromatic rings. The Morgan fingerprint density at radius 1 is 1.04 bits per heavy atom. The van der Waals surface area contributed by atoms with Crippen molar-refractivity contribution in [3.8, 4) is 23.3 Å². The number of rotatable bonds is 7. The highest BCUT2D eigenvalue weighted by Gasteiger charge is 2.36. The Balaban J connectivity index is 1.14. The highest BCUT2D eigenvalue weighted by atomic mass is 16.5. The van der Waals surface area contributed by atoms with Gasteiger partial charge < -0.3 is 20.1 Å². The minimum absolute atomic E-state index is 0.160. The number of nitrogen functional groups attached to an aromatic ring is 1. The first kappa shape index (κ1) is 30.7. The second-order valence-electron chi connectivity index (χ2n) is 12.9. The lowest BCUT2D eigenvalue weighted by Gasteiger charge is -2.44. The summed E-state index contributed by atoms with van der Waals surface area (Å²) in [5.74, 6) is 1.21. The molecule has 242 valence electrons. The van der Waals surface area contributed by atoms with E-state index in [-0.39, 0.29) is 41.0 Å². The molecule has 1 amide bonds. The number of ether oxygens (including phenoxy) is 2. The van der Waals surface area contributed by atoms with Crippen LogP contribution in [-0.2, 0) is 9.53 Å². The zero-order chi connectivity index (χ0) is 32.5. The summed E-state index contributed by atoms with van der Waals surface area (Å²) >= 11 is 0. The van der Waals surface area contributed by atoms with Gasteiger partial charge in [-0.3, -0.25) is 18.8 Å². The number of carbonyl (C=O) groups excluding carboxylic acids is 1. The fourth-order valence-electron chi connectivity index (χ4n) is 6.91. The molecule has 0 aliphatic carbocycles. The van der Waals surface area contributed by atoms with Gasteiger partial charge in [-0.25, -0.2) is 14.8 Å². The summed E-state index contributed by atoms with van der Waals surface area (Å²) in [6.07, 6.45) is 6.32. The number of benzene rings is 2. The molecule has 2 aromatic carbocycles. The van der Waals surface area contributed by atoms with E-state index in [1.807, 2.05) is 36.4 Å². The molecular formula is C35H38N8O4. The molecule has 0 unspecified atom stereocenters. The molecule has 5 heterocycles. The molecule has 0 spiro atoms. The van der Waals surface area contributed by atoms with Crippen molar-refractivity contribution in [1.82, 2.24) is 28.9 Å². The van der Waals surface area contributed by atoms with E-state index in [2.05, 4.69) is 27.9 Å². The van der Waals surface area contributed by atoms with Gasteiger partial charge in [0, 0.05) is 13.1 Å². The number of fused-ring (bicyclic) bond motifs is 1. The van der Waals surface area contributed by atoms with Gasteiger partial charge in [0.25, 0.3) is 5.91 Å². The predicted octanol–water partition coefficient (Wildman–Crippen LogP) is 4.07. The van der Waals surface area contributed by atoms with Crippen molar-refractivity contribution in [3.63, 3.8) is 0 Å². The van der Waals surface area contributed by atoms with Crippen LogP contribution < -0.4 is 16.2 Å². The van der Waals surface area contributed by atoms with Gasteiger partial charge in [0.15, 0.2) is 11.5 Å². The Morgan fingerprint density at radius 3 is 2.45 bits per heavy atom. The van der Waals surface area contributed by atoms with Crippen molar-refractivity contribution >= 4 is 22.9 Å². The topological polar surface area (TPSA) is 145 Å². The van der Waals surface area contributed by atoms with Crippen LogP contribution in [0.4, 0.5) is 5.82 Å². The normalized spacial score (nSPS) is 20.5. The maximum atomic E-state index is 14.2. The number of anilines is 1. The van der Waals surface area contributed by atoms with E-state index < -0.39 is 0 Å². The Hall–Kier alpha value is -4.99. The second-order valence-corrected chi connectivity index (χ2v) is 12.9. The van der Waals surface area contributed by atoms with Crippen molar-refractivity contribution in [2.75, 3.05) is 45.1 Å².